The van der Waals surface area contributed by atoms with Crippen LogP contribution in [0, 0.1) is 11.3 Å². The number of hydrogen-bond donors (Lipinski definition) is 3. The largest absolute Gasteiger partial charge is 0.370 e. The molecule has 2 amide bonds. The summed E-state index contributed by atoms with van der Waals surface area (Å²) in [6, 6.07) is 11.0. The van der Waals surface area contributed by atoms with Crippen LogP contribution in [0.3, 0.4) is 0 Å². The van der Waals surface area contributed by atoms with Gasteiger partial charge in [-0.05, 0) is 24.1 Å². The number of rotatable bonds is 5. The number of nitrogens with zero attached hydrogens (tertiary/aromatic N) is 3. The van der Waals surface area contributed by atoms with Crippen molar-refractivity contribution in [3.63, 3.8) is 0 Å². The van der Waals surface area contributed by atoms with Gasteiger partial charge in [0.2, 0.25) is 5.91 Å². The molecular weight excluding hydrogens is 376 g/mol. The molecule has 0 unspecified atom stereocenters. The maximum Gasteiger partial charge on any atom is 0.256 e. The van der Waals surface area contributed by atoms with Crippen LogP contribution in [0.15, 0.2) is 35.3 Å². The molecule has 0 fully saturated rings. The molecule has 144 valence electrons. The van der Waals surface area contributed by atoms with Crippen LogP contribution in [0.2, 0.25) is 0 Å². The maximum absolute atomic E-state index is 12.4. The van der Waals surface area contributed by atoms with Gasteiger partial charge in [0.05, 0.1) is 18.7 Å². The number of nitrogens with one attached hydrogen (secondary N) is 1. The SMILES string of the molecule is N#Cc1c(NC(=O)c2ccccc2)sc2c1CCN(C(=O)CCN=C(N)N)C2. The van der Waals surface area contributed by atoms with Crippen LogP contribution >= 0.6 is 11.3 Å². The zero-order valence-electron chi connectivity index (χ0n) is 15.1. The number of amides is 2. The molecule has 2 heterocycles. The van der Waals surface area contributed by atoms with Crippen molar-refractivity contribution in [3.8, 4) is 6.07 Å². The van der Waals surface area contributed by atoms with Gasteiger partial charge in [-0.1, -0.05) is 18.2 Å². The van der Waals surface area contributed by atoms with Gasteiger partial charge in [-0.25, -0.2) is 0 Å². The van der Waals surface area contributed by atoms with Crippen molar-refractivity contribution in [1.82, 2.24) is 4.90 Å². The Morgan fingerprint density at radius 3 is 2.71 bits per heavy atom. The predicted octanol–water partition coefficient (Wildman–Crippen LogP) is 1.42. The Hall–Kier alpha value is -3.38. The number of thiophene rings is 1. The highest BCUT2D eigenvalue weighted by Gasteiger charge is 2.27. The van der Waals surface area contributed by atoms with Crippen LogP contribution in [0.25, 0.3) is 0 Å². The lowest BCUT2D eigenvalue weighted by Gasteiger charge is -2.26. The fraction of sp³-hybridized carbons (Fsp3) is 0.263. The number of anilines is 1. The lowest BCUT2D eigenvalue weighted by atomic mass is 10.0. The van der Waals surface area contributed by atoms with E-state index in [1.807, 2.05) is 6.07 Å². The summed E-state index contributed by atoms with van der Waals surface area (Å²) in [5.41, 5.74) is 12.5. The Labute approximate surface area is 166 Å². The fourth-order valence-electron chi connectivity index (χ4n) is 3.03. The molecule has 0 bridgehead atoms. The molecule has 0 spiro atoms. The molecule has 1 aliphatic rings. The van der Waals surface area contributed by atoms with E-state index in [0.717, 1.165) is 10.4 Å². The van der Waals surface area contributed by atoms with Crippen molar-refractivity contribution in [2.45, 2.75) is 19.4 Å². The molecule has 0 saturated heterocycles. The Morgan fingerprint density at radius 2 is 2.04 bits per heavy atom. The van der Waals surface area contributed by atoms with E-state index in [0.29, 0.717) is 35.6 Å². The second-order valence-electron chi connectivity index (χ2n) is 6.26. The number of fused-ring (bicyclic) bond motifs is 1. The van der Waals surface area contributed by atoms with E-state index in [9.17, 15) is 14.9 Å². The fourth-order valence-corrected chi connectivity index (χ4v) is 4.24. The molecule has 1 aromatic heterocycles. The van der Waals surface area contributed by atoms with Gasteiger partial charge in [0.1, 0.15) is 11.1 Å². The highest BCUT2D eigenvalue weighted by molar-refractivity contribution is 7.16. The number of nitriles is 1. The number of aliphatic imine (C=N–C) groups is 1. The number of carbonyl (C=O) groups excluding carboxylic acids is 2. The molecule has 3 rings (SSSR count). The molecule has 2 aromatic rings. The first-order chi connectivity index (χ1) is 13.5. The summed E-state index contributed by atoms with van der Waals surface area (Å²) in [7, 11) is 0. The van der Waals surface area contributed by atoms with Crippen LogP contribution in [0.1, 0.15) is 32.8 Å². The van der Waals surface area contributed by atoms with Gasteiger partial charge in [0.15, 0.2) is 5.96 Å². The number of guanidine groups is 1. The molecule has 0 radical (unpaired) electrons. The molecule has 5 N–H and O–H groups in total. The van der Waals surface area contributed by atoms with E-state index in [4.69, 9.17) is 11.5 Å². The quantitative estimate of drug-likeness (QED) is 0.518. The molecule has 1 aromatic carbocycles. The van der Waals surface area contributed by atoms with Gasteiger partial charge in [-0.15, -0.1) is 11.3 Å². The van der Waals surface area contributed by atoms with E-state index in [1.165, 1.54) is 11.3 Å². The van der Waals surface area contributed by atoms with Crippen molar-refractivity contribution in [2.75, 3.05) is 18.4 Å². The normalized spacial score (nSPS) is 12.6. The average molecular weight is 396 g/mol. The van der Waals surface area contributed by atoms with Crippen LogP contribution in [-0.4, -0.2) is 35.8 Å². The van der Waals surface area contributed by atoms with Crippen LogP contribution in [0.5, 0.6) is 0 Å². The van der Waals surface area contributed by atoms with Gasteiger partial charge in [0, 0.05) is 23.4 Å². The second-order valence-corrected chi connectivity index (χ2v) is 7.37. The molecule has 9 heteroatoms. The summed E-state index contributed by atoms with van der Waals surface area (Å²) in [5.74, 6) is -0.345. The Morgan fingerprint density at radius 1 is 1.29 bits per heavy atom. The van der Waals surface area contributed by atoms with Gasteiger partial charge in [-0.3, -0.25) is 14.6 Å². The first-order valence-electron chi connectivity index (χ1n) is 8.73. The van der Waals surface area contributed by atoms with Crippen LogP contribution < -0.4 is 16.8 Å². The molecule has 8 nitrogen and oxygen atoms in total. The molecule has 0 saturated carbocycles. The van der Waals surface area contributed by atoms with Crippen molar-refractivity contribution in [3.05, 3.63) is 51.9 Å². The number of benzene rings is 1. The summed E-state index contributed by atoms with van der Waals surface area (Å²) in [4.78, 5) is 31.3. The first kappa shape index (κ1) is 19.4. The highest BCUT2D eigenvalue weighted by atomic mass is 32.1. The lowest BCUT2D eigenvalue weighted by molar-refractivity contribution is -0.131. The van der Waals surface area contributed by atoms with Crippen molar-refractivity contribution in [2.24, 2.45) is 16.5 Å². The van der Waals surface area contributed by atoms with E-state index in [2.05, 4.69) is 16.4 Å². The summed E-state index contributed by atoms with van der Waals surface area (Å²) < 4.78 is 0. The van der Waals surface area contributed by atoms with Crippen molar-refractivity contribution in [1.29, 1.82) is 5.26 Å². The lowest BCUT2D eigenvalue weighted by Crippen LogP contribution is -2.36. The third-order valence-electron chi connectivity index (χ3n) is 4.40. The smallest absolute Gasteiger partial charge is 0.256 e. The monoisotopic (exact) mass is 396 g/mol. The topological polar surface area (TPSA) is 138 Å². The number of carbonyl (C=O) groups is 2. The minimum Gasteiger partial charge on any atom is -0.370 e. The van der Waals surface area contributed by atoms with Crippen LogP contribution in [-0.2, 0) is 17.8 Å². The van der Waals surface area contributed by atoms with E-state index < -0.39 is 0 Å². The minimum absolute atomic E-state index is 0.0375. The zero-order valence-corrected chi connectivity index (χ0v) is 16.0. The van der Waals surface area contributed by atoms with Gasteiger partial charge in [0.25, 0.3) is 5.91 Å². The summed E-state index contributed by atoms with van der Waals surface area (Å²) in [5, 5.41) is 12.9. The molecular formula is C19H20N6O2S. The van der Waals surface area contributed by atoms with Crippen LogP contribution in [0.4, 0.5) is 5.00 Å². The summed E-state index contributed by atoms with van der Waals surface area (Å²) in [6.45, 7) is 1.18. The molecule has 0 aliphatic carbocycles. The highest BCUT2D eigenvalue weighted by Crippen LogP contribution is 2.37. The van der Waals surface area contributed by atoms with E-state index in [-0.39, 0.29) is 30.7 Å². The molecule has 28 heavy (non-hydrogen) atoms. The van der Waals surface area contributed by atoms with E-state index >= 15 is 0 Å². The zero-order chi connectivity index (χ0) is 20.1. The minimum atomic E-state index is -0.263. The Kier molecular flexibility index (Phi) is 5.91. The first-order valence-corrected chi connectivity index (χ1v) is 9.55. The standard InChI is InChI=1S/C19H20N6O2S/c20-10-14-13-7-9-25(16(26)6-8-23-19(21)22)11-15(13)28-18(14)24-17(27)12-4-2-1-3-5-12/h1-5H,6-9,11H2,(H,24,27)(H4,21,22,23). The summed E-state index contributed by atoms with van der Waals surface area (Å²) >= 11 is 1.34. The second kappa shape index (κ2) is 8.54. The number of hydrogen-bond acceptors (Lipinski definition) is 5. The molecule has 0 atom stereocenters. The van der Waals surface area contributed by atoms with Crippen molar-refractivity contribution >= 4 is 34.1 Å². The average Bonchev–Trinajstić information content (AvgIpc) is 3.04. The maximum atomic E-state index is 12.4. The third kappa shape index (κ3) is 4.29. The Balaban J connectivity index is 1.73. The Bertz CT molecular complexity index is 957. The predicted molar refractivity (Wildman–Crippen MR) is 108 cm³/mol. The van der Waals surface area contributed by atoms with Gasteiger partial charge in [-0.2, -0.15) is 5.26 Å². The van der Waals surface area contributed by atoms with Gasteiger partial charge >= 0.3 is 0 Å². The molecule has 1 aliphatic heterocycles. The van der Waals surface area contributed by atoms with Crippen molar-refractivity contribution < 1.29 is 9.59 Å². The summed E-state index contributed by atoms with van der Waals surface area (Å²) in [6.07, 6.45) is 0.797. The van der Waals surface area contributed by atoms with E-state index in [1.54, 1.807) is 29.2 Å². The van der Waals surface area contributed by atoms with Gasteiger partial charge < -0.3 is 21.7 Å². The third-order valence-corrected chi connectivity index (χ3v) is 5.54. The number of nitrogens with two attached hydrogens (primary N) is 2.